The van der Waals surface area contributed by atoms with Gasteiger partial charge in [-0.3, -0.25) is 10.1 Å². The van der Waals surface area contributed by atoms with Crippen LogP contribution in [-0.4, -0.2) is 21.9 Å². The molecule has 0 aliphatic carbocycles. The van der Waals surface area contributed by atoms with Gasteiger partial charge in [0.15, 0.2) is 0 Å². The molecule has 104 valence electrons. The standard InChI is InChI=1S/C13H13ClN4O2/c1-8-6-4-5-7-10(8)17(3)12-11(18(19)20)9(2)15-13(14)16-12/h4-7H,1-3H3. The number of benzene rings is 1. The smallest absolute Gasteiger partial charge is 0.323 e. The average Bonchev–Trinajstić information content (AvgIpc) is 2.37. The second-order valence-electron chi connectivity index (χ2n) is 4.35. The maximum absolute atomic E-state index is 11.2. The van der Waals surface area contributed by atoms with Gasteiger partial charge in [0.1, 0.15) is 5.69 Å². The van der Waals surface area contributed by atoms with Crippen molar-refractivity contribution in [1.29, 1.82) is 0 Å². The van der Waals surface area contributed by atoms with Crippen LogP contribution in [0.15, 0.2) is 24.3 Å². The van der Waals surface area contributed by atoms with Gasteiger partial charge >= 0.3 is 5.69 Å². The van der Waals surface area contributed by atoms with Gasteiger partial charge in [-0.15, -0.1) is 0 Å². The Balaban J connectivity index is 2.63. The van der Waals surface area contributed by atoms with Crippen molar-refractivity contribution in [3.63, 3.8) is 0 Å². The summed E-state index contributed by atoms with van der Waals surface area (Å²) in [6.07, 6.45) is 0. The van der Waals surface area contributed by atoms with Crippen molar-refractivity contribution in [2.45, 2.75) is 13.8 Å². The van der Waals surface area contributed by atoms with Crippen molar-refractivity contribution in [2.75, 3.05) is 11.9 Å². The fourth-order valence-corrected chi connectivity index (χ4v) is 2.23. The van der Waals surface area contributed by atoms with Crippen LogP contribution in [0.4, 0.5) is 17.2 Å². The number of hydrogen-bond acceptors (Lipinski definition) is 5. The van der Waals surface area contributed by atoms with Gasteiger partial charge in [0, 0.05) is 12.7 Å². The third kappa shape index (κ3) is 2.55. The quantitative estimate of drug-likeness (QED) is 0.492. The summed E-state index contributed by atoms with van der Waals surface area (Å²) >= 11 is 5.83. The lowest BCUT2D eigenvalue weighted by molar-refractivity contribution is -0.385. The van der Waals surface area contributed by atoms with Crippen LogP contribution < -0.4 is 4.90 Å². The molecule has 0 aliphatic heterocycles. The maximum atomic E-state index is 11.2. The lowest BCUT2D eigenvalue weighted by atomic mass is 10.2. The van der Waals surface area contributed by atoms with Gasteiger partial charge in [-0.1, -0.05) is 18.2 Å². The molecule has 1 heterocycles. The number of anilines is 2. The summed E-state index contributed by atoms with van der Waals surface area (Å²) in [6.45, 7) is 3.47. The Morgan fingerprint density at radius 1 is 1.25 bits per heavy atom. The molecular weight excluding hydrogens is 280 g/mol. The Kier molecular flexibility index (Phi) is 3.85. The van der Waals surface area contributed by atoms with Gasteiger partial charge in [-0.25, -0.2) is 4.98 Å². The molecule has 0 unspecified atom stereocenters. The van der Waals surface area contributed by atoms with E-state index in [0.717, 1.165) is 11.3 Å². The fraction of sp³-hybridized carbons (Fsp3) is 0.231. The molecule has 0 aliphatic rings. The largest absolute Gasteiger partial charge is 0.333 e. The zero-order valence-electron chi connectivity index (χ0n) is 11.3. The van der Waals surface area contributed by atoms with Crippen molar-refractivity contribution in [3.8, 4) is 0 Å². The normalized spacial score (nSPS) is 10.4. The minimum Gasteiger partial charge on any atom is -0.323 e. The van der Waals surface area contributed by atoms with Gasteiger partial charge in [0.05, 0.1) is 4.92 Å². The van der Waals surface area contributed by atoms with E-state index in [-0.39, 0.29) is 22.5 Å². The number of hydrogen-bond donors (Lipinski definition) is 0. The van der Waals surface area contributed by atoms with E-state index in [1.54, 1.807) is 18.9 Å². The Morgan fingerprint density at radius 3 is 2.50 bits per heavy atom. The van der Waals surface area contributed by atoms with Crippen LogP contribution in [0.25, 0.3) is 0 Å². The first kappa shape index (κ1) is 14.2. The van der Waals surface area contributed by atoms with Crippen molar-refractivity contribution >= 4 is 28.8 Å². The Labute approximate surface area is 121 Å². The van der Waals surface area contributed by atoms with Crippen LogP contribution in [-0.2, 0) is 0 Å². The summed E-state index contributed by atoms with van der Waals surface area (Å²) in [5.41, 5.74) is 1.91. The topological polar surface area (TPSA) is 72.2 Å². The second kappa shape index (κ2) is 5.42. The predicted molar refractivity (Wildman–Crippen MR) is 77.7 cm³/mol. The molecule has 0 bridgehead atoms. The monoisotopic (exact) mass is 292 g/mol. The lowest BCUT2D eigenvalue weighted by Gasteiger charge is -2.20. The third-order valence-corrected chi connectivity index (χ3v) is 3.16. The highest BCUT2D eigenvalue weighted by Gasteiger charge is 2.25. The summed E-state index contributed by atoms with van der Waals surface area (Å²) in [4.78, 5) is 20.2. The van der Waals surface area contributed by atoms with E-state index in [2.05, 4.69) is 9.97 Å². The van der Waals surface area contributed by atoms with E-state index in [1.165, 1.54) is 0 Å². The van der Waals surface area contributed by atoms with Crippen molar-refractivity contribution in [2.24, 2.45) is 0 Å². The summed E-state index contributed by atoms with van der Waals surface area (Å²) in [5.74, 6) is 0.182. The number of para-hydroxylation sites is 1. The van der Waals surface area contributed by atoms with Crippen LogP contribution in [0.5, 0.6) is 0 Å². The molecule has 0 radical (unpaired) electrons. The van der Waals surface area contributed by atoms with E-state index in [0.29, 0.717) is 0 Å². The number of nitrogens with zero attached hydrogens (tertiary/aromatic N) is 4. The zero-order valence-corrected chi connectivity index (χ0v) is 12.0. The van der Waals surface area contributed by atoms with E-state index in [4.69, 9.17) is 11.6 Å². The van der Waals surface area contributed by atoms with Gasteiger partial charge in [-0.2, -0.15) is 4.98 Å². The first-order valence-corrected chi connectivity index (χ1v) is 6.27. The van der Waals surface area contributed by atoms with E-state index >= 15 is 0 Å². The first-order chi connectivity index (χ1) is 9.41. The van der Waals surface area contributed by atoms with Crippen molar-refractivity contribution in [3.05, 3.63) is 50.9 Å². The molecule has 6 nitrogen and oxygen atoms in total. The van der Waals surface area contributed by atoms with E-state index < -0.39 is 4.92 Å². The molecule has 0 N–H and O–H groups in total. The Morgan fingerprint density at radius 2 is 1.90 bits per heavy atom. The lowest BCUT2D eigenvalue weighted by Crippen LogP contribution is -2.16. The molecule has 0 amide bonds. The summed E-state index contributed by atoms with van der Waals surface area (Å²) < 4.78 is 0. The Hall–Kier alpha value is -2.21. The molecule has 0 fully saturated rings. The molecule has 2 aromatic rings. The summed E-state index contributed by atoms with van der Waals surface area (Å²) in [6, 6.07) is 7.55. The number of rotatable bonds is 3. The highest BCUT2D eigenvalue weighted by Crippen LogP contribution is 2.34. The summed E-state index contributed by atoms with van der Waals surface area (Å²) in [7, 11) is 1.72. The van der Waals surface area contributed by atoms with Crippen LogP contribution in [0, 0.1) is 24.0 Å². The fourth-order valence-electron chi connectivity index (χ4n) is 2.02. The second-order valence-corrected chi connectivity index (χ2v) is 4.69. The van der Waals surface area contributed by atoms with Gasteiger partial charge in [0.2, 0.25) is 11.1 Å². The molecule has 1 aromatic carbocycles. The van der Waals surface area contributed by atoms with Gasteiger partial charge in [-0.05, 0) is 37.1 Å². The highest BCUT2D eigenvalue weighted by atomic mass is 35.5. The third-order valence-electron chi connectivity index (χ3n) is 2.99. The predicted octanol–water partition coefficient (Wildman–Crippen LogP) is 3.42. The Bertz CT molecular complexity index is 675. The van der Waals surface area contributed by atoms with E-state index in [1.807, 2.05) is 31.2 Å². The number of aromatic nitrogens is 2. The van der Waals surface area contributed by atoms with E-state index in [9.17, 15) is 10.1 Å². The molecule has 1 aromatic heterocycles. The maximum Gasteiger partial charge on any atom is 0.333 e. The van der Waals surface area contributed by atoms with Crippen LogP contribution in [0.2, 0.25) is 5.28 Å². The minimum atomic E-state index is -0.490. The zero-order chi connectivity index (χ0) is 14.9. The first-order valence-electron chi connectivity index (χ1n) is 5.89. The molecule has 2 rings (SSSR count). The molecule has 0 saturated heterocycles. The molecule has 0 atom stereocenters. The average molecular weight is 293 g/mol. The molecule has 0 spiro atoms. The SMILES string of the molecule is Cc1ccccc1N(C)c1nc(Cl)nc(C)c1[N+](=O)[O-]. The van der Waals surface area contributed by atoms with Gasteiger partial charge < -0.3 is 4.90 Å². The van der Waals surface area contributed by atoms with Crippen molar-refractivity contribution in [1.82, 2.24) is 9.97 Å². The molecule has 7 heteroatoms. The van der Waals surface area contributed by atoms with Gasteiger partial charge in [0.25, 0.3) is 0 Å². The summed E-state index contributed by atoms with van der Waals surface area (Å²) in [5, 5.41) is 11.2. The van der Waals surface area contributed by atoms with Crippen LogP contribution in [0.3, 0.4) is 0 Å². The number of halogens is 1. The molecule has 20 heavy (non-hydrogen) atoms. The number of nitro groups is 1. The molecular formula is C13H13ClN4O2. The van der Waals surface area contributed by atoms with Crippen molar-refractivity contribution < 1.29 is 4.92 Å². The number of aryl methyl sites for hydroxylation is 2. The highest BCUT2D eigenvalue weighted by molar-refractivity contribution is 6.28. The van der Waals surface area contributed by atoms with Crippen LogP contribution in [0.1, 0.15) is 11.3 Å². The minimum absolute atomic E-state index is 0.0106. The van der Waals surface area contributed by atoms with Crippen LogP contribution >= 0.6 is 11.6 Å². The molecule has 0 saturated carbocycles.